The average Bonchev–Trinajstić information content (AvgIpc) is 3.35. The molecule has 0 unspecified atom stereocenters. The molecule has 2 N–H and O–H groups in total. The molecule has 1 saturated carbocycles. The molecule has 2 fully saturated rings. The summed E-state index contributed by atoms with van der Waals surface area (Å²) in [4.78, 5) is 12.9. The molecule has 4 rings (SSSR count). The molecule has 148 valence electrons. The number of amides is 1. The Labute approximate surface area is 165 Å². The molecule has 2 aliphatic rings. The van der Waals surface area contributed by atoms with Gasteiger partial charge in [-0.2, -0.15) is 0 Å². The zero-order valence-electron chi connectivity index (χ0n) is 15.6. The van der Waals surface area contributed by atoms with Crippen molar-refractivity contribution in [3.8, 4) is 0 Å². The Bertz CT molecular complexity index is 932. The molecular formula is C21H24N2O4S. The Kier molecular flexibility index (Phi) is 5.12. The van der Waals surface area contributed by atoms with Crippen LogP contribution in [-0.2, 0) is 25.0 Å². The molecule has 0 spiro atoms. The first-order valence-electron chi connectivity index (χ1n) is 9.58. The van der Waals surface area contributed by atoms with Gasteiger partial charge >= 0.3 is 0 Å². The van der Waals surface area contributed by atoms with Crippen LogP contribution in [0.1, 0.15) is 31.2 Å². The van der Waals surface area contributed by atoms with E-state index in [0.29, 0.717) is 12.2 Å². The second-order valence-electron chi connectivity index (χ2n) is 7.42. The third-order valence-electron chi connectivity index (χ3n) is 5.44. The van der Waals surface area contributed by atoms with E-state index in [-0.39, 0.29) is 16.9 Å². The van der Waals surface area contributed by atoms with E-state index in [0.717, 1.165) is 37.9 Å². The van der Waals surface area contributed by atoms with Crippen molar-refractivity contribution in [2.24, 2.45) is 0 Å². The van der Waals surface area contributed by atoms with Gasteiger partial charge in [0.15, 0.2) is 0 Å². The highest BCUT2D eigenvalue weighted by molar-refractivity contribution is 7.92. The largest absolute Gasteiger partial charge is 0.376 e. The Morgan fingerprint density at radius 1 is 1.07 bits per heavy atom. The maximum absolute atomic E-state index is 12.7. The van der Waals surface area contributed by atoms with Crippen LogP contribution in [0.2, 0.25) is 0 Å². The number of carbonyl (C=O) groups excluding carboxylic acids is 1. The van der Waals surface area contributed by atoms with Crippen LogP contribution in [0.5, 0.6) is 0 Å². The first-order chi connectivity index (χ1) is 13.5. The molecule has 1 aliphatic carbocycles. The summed E-state index contributed by atoms with van der Waals surface area (Å²) in [7, 11) is -3.62. The standard InChI is InChI=1S/C21H24N2O4S/c24-20(22-15-18-5-4-14-27-18)21(12-13-21)16-8-10-17(11-9-16)23-28(25,26)19-6-2-1-3-7-19/h1-3,6-11,18,23H,4-5,12-15H2,(H,22,24)/t18-/m0/s1. The number of hydrogen-bond donors (Lipinski definition) is 2. The van der Waals surface area contributed by atoms with Crippen LogP contribution in [0.15, 0.2) is 59.5 Å². The van der Waals surface area contributed by atoms with Crippen molar-refractivity contribution in [3.05, 3.63) is 60.2 Å². The monoisotopic (exact) mass is 400 g/mol. The maximum Gasteiger partial charge on any atom is 0.261 e. The minimum absolute atomic E-state index is 0.0283. The van der Waals surface area contributed by atoms with Gasteiger partial charge in [-0.1, -0.05) is 30.3 Å². The number of benzene rings is 2. The quantitative estimate of drug-likeness (QED) is 0.749. The van der Waals surface area contributed by atoms with Gasteiger partial charge in [0.25, 0.3) is 10.0 Å². The SMILES string of the molecule is O=C(NC[C@@H]1CCCO1)C1(c2ccc(NS(=O)(=O)c3ccccc3)cc2)CC1. The Balaban J connectivity index is 1.42. The van der Waals surface area contributed by atoms with E-state index < -0.39 is 15.4 Å². The van der Waals surface area contributed by atoms with Crippen LogP contribution in [-0.4, -0.2) is 33.6 Å². The predicted molar refractivity (Wildman–Crippen MR) is 107 cm³/mol. The molecule has 0 aromatic heterocycles. The van der Waals surface area contributed by atoms with Gasteiger partial charge in [-0.3, -0.25) is 9.52 Å². The van der Waals surface area contributed by atoms with Gasteiger partial charge in [-0.05, 0) is 55.5 Å². The first kappa shape index (κ1) is 19.0. The molecule has 1 aliphatic heterocycles. The molecule has 2 aromatic rings. The zero-order chi connectivity index (χ0) is 19.6. The predicted octanol–water partition coefficient (Wildman–Crippen LogP) is 2.81. The van der Waals surface area contributed by atoms with Gasteiger partial charge in [-0.15, -0.1) is 0 Å². The molecule has 6 nitrogen and oxygen atoms in total. The topological polar surface area (TPSA) is 84.5 Å². The number of ether oxygens (including phenoxy) is 1. The number of nitrogens with one attached hydrogen (secondary N) is 2. The normalized spacial score (nSPS) is 20.5. The highest BCUT2D eigenvalue weighted by atomic mass is 32.2. The highest BCUT2D eigenvalue weighted by Gasteiger charge is 2.51. The van der Waals surface area contributed by atoms with Crippen LogP contribution in [0.25, 0.3) is 0 Å². The highest BCUT2D eigenvalue weighted by Crippen LogP contribution is 2.48. The zero-order valence-corrected chi connectivity index (χ0v) is 16.4. The lowest BCUT2D eigenvalue weighted by Crippen LogP contribution is -2.39. The Morgan fingerprint density at radius 3 is 2.39 bits per heavy atom. The van der Waals surface area contributed by atoms with Crippen LogP contribution in [0, 0.1) is 0 Å². The van der Waals surface area contributed by atoms with Gasteiger partial charge in [0.1, 0.15) is 0 Å². The molecule has 0 radical (unpaired) electrons. The fraction of sp³-hybridized carbons (Fsp3) is 0.381. The van der Waals surface area contributed by atoms with Crippen molar-refractivity contribution in [2.45, 2.75) is 42.1 Å². The average molecular weight is 401 g/mol. The molecule has 0 bridgehead atoms. The number of carbonyl (C=O) groups is 1. The summed E-state index contributed by atoms with van der Waals surface area (Å²) in [5.74, 6) is 0.0283. The second-order valence-corrected chi connectivity index (χ2v) is 9.11. The second kappa shape index (κ2) is 7.56. The Morgan fingerprint density at radius 2 is 1.79 bits per heavy atom. The lowest BCUT2D eigenvalue weighted by atomic mass is 9.94. The fourth-order valence-corrected chi connectivity index (χ4v) is 4.70. The lowest BCUT2D eigenvalue weighted by Gasteiger charge is -2.18. The number of rotatable bonds is 7. The number of hydrogen-bond acceptors (Lipinski definition) is 4. The van der Waals surface area contributed by atoms with Gasteiger partial charge in [0, 0.05) is 18.8 Å². The molecular weight excluding hydrogens is 376 g/mol. The van der Waals surface area contributed by atoms with Gasteiger partial charge < -0.3 is 10.1 Å². The van der Waals surface area contributed by atoms with Crippen LogP contribution in [0.3, 0.4) is 0 Å². The van der Waals surface area contributed by atoms with Crippen molar-refractivity contribution in [1.82, 2.24) is 5.32 Å². The van der Waals surface area contributed by atoms with Crippen molar-refractivity contribution < 1.29 is 17.9 Å². The number of sulfonamides is 1. The molecule has 2 aromatic carbocycles. The van der Waals surface area contributed by atoms with Gasteiger partial charge in [-0.25, -0.2) is 8.42 Å². The van der Waals surface area contributed by atoms with Crippen molar-refractivity contribution in [2.75, 3.05) is 17.9 Å². The van der Waals surface area contributed by atoms with E-state index in [4.69, 9.17) is 4.74 Å². The van der Waals surface area contributed by atoms with Crippen LogP contribution in [0.4, 0.5) is 5.69 Å². The first-order valence-corrected chi connectivity index (χ1v) is 11.1. The molecule has 1 atom stereocenters. The van der Waals surface area contributed by atoms with E-state index in [9.17, 15) is 13.2 Å². The minimum atomic E-state index is -3.62. The minimum Gasteiger partial charge on any atom is -0.376 e. The van der Waals surface area contributed by atoms with E-state index in [2.05, 4.69) is 10.0 Å². The summed E-state index contributed by atoms with van der Waals surface area (Å²) in [6, 6.07) is 15.3. The van der Waals surface area contributed by atoms with Crippen molar-refractivity contribution >= 4 is 21.6 Å². The maximum atomic E-state index is 12.7. The van der Waals surface area contributed by atoms with Crippen LogP contribution >= 0.6 is 0 Å². The van der Waals surface area contributed by atoms with E-state index in [1.54, 1.807) is 42.5 Å². The summed E-state index contributed by atoms with van der Waals surface area (Å²) in [5.41, 5.74) is 0.901. The van der Waals surface area contributed by atoms with Crippen molar-refractivity contribution in [3.63, 3.8) is 0 Å². The summed E-state index contributed by atoms with van der Waals surface area (Å²) < 4.78 is 33.0. The number of anilines is 1. The van der Waals surface area contributed by atoms with E-state index in [1.165, 1.54) is 0 Å². The van der Waals surface area contributed by atoms with Crippen molar-refractivity contribution in [1.29, 1.82) is 0 Å². The summed E-state index contributed by atoms with van der Waals surface area (Å²) in [5, 5.41) is 3.02. The molecule has 1 heterocycles. The van der Waals surface area contributed by atoms with E-state index >= 15 is 0 Å². The molecule has 1 saturated heterocycles. The van der Waals surface area contributed by atoms with Gasteiger partial charge in [0.05, 0.1) is 16.4 Å². The van der Waals surface area contributed by atoms with Crippen LogP contribution < -0.4 is 10.0 Å². The fourth-order valence-electron chi connectivity index (χ4n) is 3.62. The Hall–Kier alpha value is -2.38. The molecule has 7 heteroatoms. The molecule has 1 amide bonds. The third kappa shape index (κ3) is 3.91. The lowest BCUT2D eigenvalue weighted by molar-refractivity contribution is -0.124. The summed E-state index contributed by atoms with van der Waals surface area (Å²) >= 11 is 0. The third-order valence-corrected chi connectivity index (χ3v) is 6.84. The van der Waals surface area contributed by atoms with Gasteiger partial charge in [0.2, 0.25) is 5.91 Å². The summed E-state index contributed by atoms with van der Waals surface area (Å²) in [6.07, 6.45) is 3.77. The smallest absolute Gasteiger partial charge is 0.261 e. The van der Waals surface area contributed by atoms with E-state index in [1.807, 2.05) is 12.1 Å². The summed E-state index contributed by atoms with van der Waals surface area (Å²) in [6.45, 7) is 1.32. The molecule has 28 heavy (non-hydrogen) atoms.